The van der Waals surface area contributed by atoms with Crippen molar-refractivity contribution in [2.75, 3.05) is 7.11 Å². The fourth-order valence-electron chi connectivity index (χ4n) is 5.41. The Kier molecular flexibility index (Phi) is 11.3. The number of phenols is 1. The van der Waals surface area contributed by atoms with Crippen molar-refractivity contribution in [3.05, 3.63) is 47.5 Å². The van der Waals surface area contributed by atoms with Gasteiger partial charge in [0.15, 0.2) is 35.2 Å². The lowest BCUT2D eigenvalue weighted by Crippen LogP contribution is -2.61. The highest BCUT2D eigenvalue weighted by atomic mass is 16.7. The summed E-state index contributed by atoms with van der Waals surface area (Å²) in [6.45, 7) is 4.07. The molecule has 15 nitrogen and oxygen atoms in total. The Balaban J connectivity index is 1.38. The molecule has 0 saturated carbocycles. The first kappa shape index (κ1) is 35.2. The van der Waals surface area contributed by atoms with Crippen LogP contribution in [0.5, 0.6) is 23.0 Å². The average molecular weight is 653 g/mol. The Morgan fingerprint density at radius 2 is 1.33 bits per heavy atom. The smallest absolute Gasteiger partial charge is 0.335 e. The summed E-state index contributed by atoms with van der Waals surface area (Å²) in [6.07, 6.45) is -13.7. The van der Waals surface area contributed by atoms with Crippen LogP contribution in [0.4, 0.5) is 0 Å². The Morgan fingerprint density at radius 3 is 1.89 bits per heavy atom. The first-order valence-electron chi connectivity index (χ1n) is 14.7. The third kappa shape index (κ3) is 7.98. The van der Waals surface area contributed by atoms with E-state index >= 15 is 0 Å². The van der Waals surface area contributed by atoms with E-state index in [2.05, 4.69) is 0 Å². The standard InChI is InChI=1S/C31H40O15/c1-13(8-15-4-6-19(17(32)10-15)43-22-12-18(33)23(34)27(45-22)29(38)39)14(2)9-16-5-7-20(42-3)21(11-16)44-31-26(37)24(35)25(36)28(46-31)30(40)41/h4-7,10-11,13-14,18,22-28,31-37H,8-9,12H2,1-3H3,(H,38,39)(H,40,41)/t13-,14+,18-,22-,23+,24+,25+,26-,27+,28+,31-/m1/s1. The summed E-state index contributed by atoms with van der Waals surface area (Å²) in [7, 11) is 1.40. The van der Waals surface area contributed by atoms with E-state index in [0.29, 0.717) is 12.8 Å². The second-order valence-corrected chi connectivity index (χ2v) is 11.7. The van der Waals surface area contributed by atoms with Crippen molar-refractivity contribution in [1.82, 2.24) is 0 Å². The van der Waals surface area contributed by atoms with Crippen LogP contribution in [0.3, 0.4) is 0 Å². The van der Waals surface area contributed by atoms with E-state index in [9.17, 15) is 50.4 Å². The molecule has 2 aliphatic rings. The highest BCUT2D eigenvalue weighted by molar-refractivity contribution is 5.73. The number of methoxy groups -OCH3 is 1. The molecule has 2 aromatic carbocycles. The number of aromatic hydroxyl groups is 1. The quantitative estimate of drug-likeness (QED) is 0.151. The number of phenolic OH excluding ortho intramolecular Hbond substituents is 1. The molecule has 0 unspecified atom stereocenters. The monoisotopic (exact) mass is 652 g/mol. The maximum Gasteiger partial charge on any atom is 0.335 e. The number of aliphatic carboxylic acids is 2. The molecule has 2 saturated heterocycles. The summed E-state index contributed by atoms with van der Waals surface area (Å²) < 4.78 is 27.1. The summed E-state index contributed by atoms with van der Waals surface area (Å²) in [4.78, 5) is 22.8. The average Bonchev–Trinajstić information content (AvgIpc) is 3.00. The molecule has 2 aliphatic heterocycles. The summed E-state index contributed by atoms with van der Waals surface area (Å²) in [5, 5.41) is 79.4. The van der Waals surface area contributed by atoms with Gasteiger partial charge in [-0.15, -0.1) is 0 Å². The fraction of sp³-hybridized carbons (Fsp3) is 0.548. The van der Waals surface area contributed by atoms with Gasteiger partial charge in [0.1, 0.15) is 24.4 Å². The molecule has 254 valence electrons. The Hall–Kier alpha value is -3.70. The molecule has 11 atom stereocenters. The topological polar surface area (TPSA) is 242 Å². The summed E-state index contributed by atoms with van der Waals surface area (Å²) in [5.74, 6) is -2.56. The number of carboxylic acid groups (broad SMARTS) is 2. The third-order valence-electron chi connectivity index (χ3n) is 8.33. The summed E-state index contributed by atoms with van der Waals surface area (Å²) >= 11 is 0. The number of ether oxygens (including phenoxy) is 5. The van der Waals surface area contributed by atoms with E-state index < -0.39 is 67.2 Å². The zero-order valence-corrected chi connectivity index (χ0v) is 25.4. The number of carbonyl (C=O) groups is 2. The Labute approximate surface area is 264 Å². The Morgan fingerprint density at radius 1 is 0.761 bits per heavy atom. The van der Waals surface area contributed by atoms with Gasteiger partial charge in [-0.05, 0) is 60.1 Å². The highest BCUT2D eigenvalue weighted by Gasteiger charge is 2.48. The van der Waals surface area contributed by atoms with Gasteiger partial charge in [0.05, 0.1) is 13.2 Å². The highest BCUT2D eigenvalue weighted by Crippen LogP contribution is 2.35. The van der Waals surface area contributed by atoms with Crippen LogP contribution in [0.25, 0.3) is 0 Å². The van der Waals surface area contributed by atoms with Crippen LogP contribution in [0.1, 0.15) is 31.4 Å². The van der Waals surface area contributed by atoms with E-state index in [0.717, 1.165) is 11.1 Å². The molecule has 15 heteroatoms. The normalized spacial score (nSPS) is 31.0. The van der Waals surface area contributed by atoms with Crippen molar-refractivity contribution in [3.63, 3.8) is 0 Å². The van der Waals surface area contributed by atoms with Crippen LogP contribution >= 0.6 is 0 Å². The number of aliphatic hydroxyl groups is 5. The number of rotatable bonds is 12. The molecule has 0 bridgehead atoms. The zero-order chi connectivity index (χ0) is 33.9. The number of aliphatic hydroxyl groups excluding tert-OH is 5. The lowest BCUT2D eigenvalue weighted by Gasteiger charge is -2.38. The molecule has 2 aromatic rings. The maximum absolute atomic E-state index is 11.5. The summed E-state index contributed by atoms with van der Waals surface area (Å²) in [6, 6.07) is 9.89. The molecule has 0 aromatic heterocycles. The van der Waals surface area contributed by atoms with Crippen molar-refractivity contribution >= 4 is 11.9 Å². The van der Waals surface area contributed by atoms with E-state index in [1.165, 1.54) is 19.2 Å². The number of hydrogen-bond donors (Lipinski definition) is 8. The van der Waals surface area contributed by atoms with Crippen LogP contribution in [-0.4, -0.2) is 115 Å². The van der Waals surface area contributed by atoms with E-state index in [-0.39, 0.29) is 41.3 Å². The number of carboxylic acids is 2. The van der Waals surface area contributed by atoms with Gasteiger partial charge in [0.25, 0.3) is 0 Å². The van der Waals surface area contributed by atoms with Gasteiger partial charge in [0, 0.05) is 6.42 Å². The van der Waals surface area contributed by atoms with Crippen LogP contribution in [0.15, 0.2) is 36.4 Å². The zero-order valence-electron chi connectivity index (χ0n) is 25.4. The predicted molar refractivity (Wildman–Crippen MR) is 155 cm³/mol. The van der Waals surface area contributed by atoms with Crippen molar-refractivity contribution in [3.8, 4) is 23.0 Å². The lowest BCUT2D eigenvalue weighted by molar-refractivity contribution is -0.271. The third-order valence-corrected chi connectivity index (χ3v) is 8.33. The van der Waals surface area contributed by atoms with E-state index in [4.69, 9.17) is 23.7 Å². The minimum absolute atomic E-state index is 0.0247. The second-order valence-electron chi connectivity index (χ2n) is 11.7. The van der Waals surface area contributed by atoms with Crippen LogP contribution in [-0.2, 0) is 31.9 Å². The van der Waals surface area contributed by atoms with Crippen molar-refractivity contribution in [1.29, 1.82) is 0 Å². The van der Waals surface area contributed by atoms with Gasteiger partial charge in [-0.1, -0.05) is 26.0 Å². The van der Waals surface area contributed by atoms with Crippen LogP contribution < -0.4 is 14.2 Å². The van der Waals surface area contributed by atoms with Gasteiger partial charge in [-0.2, -0.15) is 0 Å². The fourth-order valence-corrected chi connectivity index (χ4v) is 5.41. The number of benzene rings is 2. The van der Waals surface area contributed by atoms with Crippen LogP contribution in [0.2, 0.25) is 0 Å². The first-order chi connectivity index (χ1) is 21.7. The predicted octanol–water partition coefficient (Wildman–Crippen LogP) is 0.0294. The maximum atomic E-state index is 11.5. The molecule has 0 spiro atoms. The van der Waals surface area contributed by atoms with Gasteiger partial charge >= 0.3 is 11.9 Å². The number of hydrogen-bond acceptors (Lipinski definition) is 13. The molecule has 0 amide bonds. The summed E-state index contributed by atoms with van der Waals surface area (Å²) in [5.41, 5.74) is 1.62. The molecular weight excluding hydrogens is 612 g/mol. The molecule has 2 fully saturated rings. The molecule has 0 aliphatic carbocycles. The lowest BCUT2D eigenvalue weighted by atomic mass is 9.85. The van der Waals surface area contributed by atoms with Gasteiger partial charge in [-0.25, -0.2) is 9.59 Å². The molecule has 4 rings (SSSR count). The molecule has 0 radical (unpaired) electrons. The van der Waals surface area contributed by atoms with Gasteiger partial charge in [0.2, 0.25) is 12.6 Å². The largest absolute Gasteiger partial charge is 0.504 e. The van der Waals surface area contributed by atoms with Crippen LogP contribution in [0, 0.1) is 11.8 Å². The minimum atomic E-state index is -1.85. The molecule has 2 heterocycles. The van der Waals surface area contributed by atoms with Crippen molar-refractivity contribution in [2.24, 2.45) is 11.8 Å². The van der Waals surface area contributed by atoms with Gasteiger partial charge in [-0.3, -0.25) is 0 Å². The van der Waals surface area contributed by atoms with Crippen molar-refractivity contribution in [2.45, 2.75) is 88.4 Å². The SMILES string of the molecule is COc1ccc(C[C@H](C)[C@H](C)Cc2ccc(O[C@H]3C[C@@H](O)[C@H](O)[C@@H](C(=O)O)O3)c(O)c2)cc1O[C@@H]1O[C@H](C(=O)O)[C@@H](O)[C@H](O)[C@H]1O. The van der Waals surface area contributed by atoms with E-state index in [1.54, 1.807) is 18.2 Å². The second kappa shape index (κ2) is 14.8. The van der Waals surface area contributed by atoms with Crippen molar-refractivity contribution < 1.29 is 74.1 Å². The van der Waals surface area contributed by atoms with Gasteiger partial charge < -0.3 is 64.5 Å². The van der Waals surface area contributed by atoms with E-state index in [1.807, 2.05) is 19.9 Å². The molecule has 46 heavy (non-hydrogen) atoms. The first-order valence-corrected chi connectivity index (χ1v) is 14.7. The molecule has 8 N–H and O–H groups in total. The molecular formula is C31H40O15. The Bertz CT molecular complexity index is 1370. The minimum Gasteiger partial charge on any atom is -0.504 e.